The molecule has 14 heavy (non-hydrogen) atoms. The van der Waals surface area contributed by atoms with Gasteiger partial charge in [-0.3, -0.25) is 0 Å². The summed E-state index contributed by atoms with van der Waals surface area (Å²) in [5, 5.41) is 4.23. The van der Waals surface area contributed by atoms with Gasteiger partial charge in [-0.05, 0) is 34.2 Å². The topological polar surface area (TPSA) is 21.3 Å². The fourth-order valence-corrected chi connectivity index (χ4v) is 2.47. The minimum absolute atomic E-state index is 0.286. The molecule has 0 bridgehead atoms. The fourth-order valence-electron chi connectivity index (χ4n) is 1.55. The Kier molecular flexibility index (Phi) is 3.65. The van der Waals surface area contributed by atoms with E-state index in [9.17, 15) is 0 Å². The molecule has 1 N–H and O–H groups in total. The molecule has 0 spiro atoms. The molecule has 0 aromatic heterocycles. The number of morpholine rings is 1. The molecule has 1 aliphatic rings. The maximum Gasteiger partial charge on any atom is 0.0662 e. The van der Waals surface area contributed by atoms with Gasteiger partial charge in [-0.2, -0.15) is 0 Å². The van der Waals surface area contributed by atoms with Crippen LogP contribution in [0.25, 0.3) is 0 Å². The molecule has 1 aliphatic heterocycles. The molecule has 1 aromatic rings. The number of halogens is 2. The van der Waals surface area contributed by atoms with Gasteiger partial charge in [0.2, 0.25) is 0 Å². The van der Waals surface area contributed by atoms with Crippen molar-refractivity contribution in [2.75, 3.05) is 19.8 Å². The summed E-state index contributed by atoms with van der Waals surface area (Å²) in [4.78, 5) is 0. The molecule has 2 rings (SSSR count). The Bertz CT molecular complexity index is 326. The summed E-state index contributed by atoms with van der Waals surface area (Å²) in [6, 6.07) is 6.28. The first-order valence-corrected chi connectivity index (χ1v) is 6.00. The molecule has 1 saturated heterocycles. The third-order valence-electron chi connectivity index (χ3n) is 2.28. The lowest BCUT2D eigenvalue weighted by Gasteiger charge is -2.25. The van der Waals surface area contributed by atoms with Crippen molar-refractivity contribution in [3.8, 4) is 0 Å². The third-order valence-corrected chi connectivity index (χ3v) is 4.12. The van der Waals surface area contributed by atoms with Crippen molar-refractivity contribution in [1.82, 2.24) is 5.32 Å². The van der Waals surface area contributed by atoms with E-state index in [1.54, 1.807) is 0 Å². The van der Waals surface area contributed by atoms with E-state index in [1.807, 2.05) is 12.1 Å². The molecule has 0 saturated carbocycles. The third kappa shape index (κ3) is 2.21. The fraction of sp³-hybridized carbons (Fsp3) is 0.400. The normalized spacial score (nSPS) is 22.3. The second-order valence-corrected chi connectivity index (χ2v) is 4.71. The van der Waals surface area contributed by atoms with Gasteiger partial charge in [0.15, 0.2) is 0 Å². The summed E-state index contributed by atoms with van der Waals surface area (Å²) >= 11 is 8.34. The van der Waals surface area contributed by atoms with Crippen LogP contribution in [0.1, 0.15) is 11.6 Å². The molecule has 1 fully saturated rings. The van der Waals surface area contributed by atoms with Gasteiger partial charge in [0.25, 0.3) is 0 Å². The monoisotopic (exact) mass is 323 g/mol. The van der Waals surface area contributed by atoms with Gasteiger partial charge in [0.1, 0.15) is 0 Å². The zero-order valence-electron chi connectivity index (χ0n) is 7.59. The number of ether oxygens (including phenoxy) is 1. The SMILES string of the molecule is Clc1cccc(C2COCCN2)c1I. The van der Waals surface area contributed by atoms with E-state index in [0.29, 0.717) is 0 Å². The van der Waals surface area contributed by atoms with Crippen LogP contribution in [0.15, 0.2) is 18.2 Å². The molecule has 0 amide bonds. The minimum Gasteiger partial charge on any atom is -0.378 e. The zero-order valence-corrected chi connectivity index (χ0v) is 10.5. The predicted octanol–water partition coefficient (Wildman–Crippen LogP) is 2.61. The maximum absolute atomic E-state index is 6.06. The summed E-state index contributed by atoms with van der Waals surface area (Å²) in [6.07, 6.45) is 0. The van der Waals surface area contributed by atoms with Crippen LogP contribution < -0.4 is 5.32 Å². The number of benzene rings is 1. The van der Waals surface area contributed by atoms with Crippen molar-refractivity contribution >= 4 is 34.2 Å². The van der Waals surface area contributed by atoms with E-state index in [1.165, 1.54) is 5.56 Å². The van der Waals surface area contributed by atoms with Gasteiger partial charge in [-0.15, -0.1) is 0 Å². The van der Waals surface area contributed by atoms with Crippen molar-refractivity contribution in [1.29, 1.82) is 0 Å². The van der Waals surface area contributed by atoms with E-state index in [0.717, 1.165) is 28.4 Å². The standard InChI is InChI=1S/C10H11ClINO/c11-8-3-1-2-7(10(8)12)9-6-14-5-4-13-9/h1-3,9,13H,4-6H2. The number of hydrogen-bond acceptors (Lipinski definition) is 2. The highest BCUT2D eigenvalue weighted by atomic mass is 127. The second kappa shape index (κ2) is 4.79. The van der Waals surface area contributed by atoms with Crippen LogP contribution in [-0.2, 0) is 4.74 Å². The molecule has 0 aliphatic carbocycles. The van der Waals surface area contributed by atoms with Gasteiger partial charge < -0.3 is 10.1 Å². The lowest BCUT2D eigenvalue weighted by atomic mass is 10.1. The lowest BCUT2D eigenvalue weighted by molar-refractivity contribution is 0.0766. The molecule has 1 aromatic carbocycles. The first-order chi connectivity index (χ1) is 6.79. The molecule has 4 heteroatoms. The molecule has 1 heterocycles. The van der Waals surface area contributed by atoms with Crippen LogP contribution in [0.4, 0.5) is 0 Å². The molecular weight excluding hydrogens is 312 g/mol. The van der Waals surface area contributed by atoms with Crippen LogP contribution in [0.2, 0.25) is 5.02 Å². The van der Waals surface area contributed by atoms with E-state index in [2.05, 4.69) is 34.0 Å². The average Bonchev–Trinajstić information content (AvgIpc) is 2.23. The first-order valence-electron chi connectivity index (χ1n) is 4.54. The Morgan fingerprint density at radius 3 is 3.07 bits per heavy atom. The highest BCUT2D eigenvalue weighted by Crippen LogP contribution is 2.27. The molecule has 1 unspecified atom stereocenters. The van der Waals surface area contributed by atoms with Gasteiger partial charge >= 0.3 is 0 Å². The summed E-state index contributed by atoms with van der Waals surface area (Å²) in [7, 11) is 0. The quantitative estimate of drug-likeness (QED) is 0.802. The van der Waals surface area contributed by atoms with Crippen molar-refractivity contribution in [2.45, 2.75) is 6.04 Å². The highest BCUT2D eigenvalue weighted by molar-refractivity contribution is 14.1. The number of nitrogens with one attached hydrogen (secondary N) is 1. The van der Waals surface area contributed by atoms with Crippen molar-refractivity contribution in [3.63, 3.8) is 0 Å². The summed E-state index contributed by atoms with van der Waals surface area (Å²) in [5.74, 6) is 0. The van der Waals surface area contributed by atoms with Gasteiger partial charge in [-0.1, -0.05) is 23.7 Å². The number of hydrogen-bond donors (Lipinski definition) is 1. The molecule has 1 atom stereocenters. The van der Waals surface area contributed by atoms with Gasteiger partial charge in [-0.25, -0.2) is 0 Å². The Balaban J connectivity index is 2.26. The van der Waals surface area contributed by atoms with Gasteiger partial charge in [0.05, 0.1) is 24.3 Å². The van der Waals surface area contributed by atoms with E-state index >= 15 is 0 Å². The van der Waals surface area contributed by atoms with E-state index in [-0.39, 0.29) is 6.04 Å². The minimum atomic E-state index is 0.286. The van der Waals surface area contributed by atoms with E-state index < -0.39 is 0 Å². The van der Waals surface area contributed by atoms with Gasteiger partial charge in [0, 0.05) is 10.1 Å². The lowest BCUT2D eigenvalue weighted by Crippen LogP contribution is -2.35. The Labute approximate surface area is 102 Å². The van der Waals surface area contributed by atoms with Crippen LogP contribution in [0.5, 0.6) is 0 Å². The zero-order chi connectivity index (χ0) is 9.97. The van der Waals surface area contributed by atoms with Crippen molar-refractivity contribution < 1.29 is 4.74 Å². The Morgan fingerprint density at radius 2 is 2.36 bits per heavy atom. The Hall–Kier alpha value is 0.160. The largest absolute Gasteiger partial charge is 0.378 e. The summed E-state index contributed by atoms with van der Waals surface area (Å²) < 4.78 is 6.54. The Morgan fingerprint density at radius 1 is 1.50 bits per heavy atom. The molecule has 0 radical (unpaired) electrons. The highest BCUT2D eigenvalue weighted by Gasteiger charge is 2.18. The smallest absolute Gasteiger partial charge is 0.0662 e. The maximum atomic E-state index is 6.06. The second-order valence-electron chi connectivity index (χ2n) is 3.22. The van der Waals surface area contributed by atoms with Crippen LogP contribution in [-0.4, -0.2) is 19.8 Å². The van der Waals surface area contributed by atoms with Crippen LogP contribution in [0, 0.1) is 3.57 Å². The van der Waals surface area contributed by atoms with E-state index in [4.69, 9.17) is 16.3 Å². The number of rotatable bonds is 1. The van der Waals surface area contributed by atoms with Crippen LogP contribution >= 0.6 is 34.2 Å². The molecular formula is C10H11ClINO. The first kappa shape index (κ1) is 10.7. The molecule has 2 nitrogen and oxygen atoms in total. The van der Waals surface area contributed by atoms with Crippen LogP contribution in [0.3, 0.4) is 0 Å². The summed E-state index contributed by atoms with van der Waals surface area (Å²) in [6.45, 7) is 2.44. The average molecular weight is 324 g/mol. The predicted molar refractivity (Wildman–Crippen MR) is 65.7 cm³/mol. The van der Waals surface area contributed by atoms with Crippen molar-refractivity contribution in [2.24, 2.45) is 0 Å². The summed E-state index contributed by atoms with van der Waals surface area (Å²) in [5.41, 5.74) is 1.23. The molecule has 76 valence electrons. The van der Waals surface area contributed by atoms with Crippen molar-refractivity contribution in [3.05, 3.63) is 32.4 Å².